The van der Waals surface area contributed by atoms with E-state index in [1.165, 1.54) is 11.3 Å². The molecule has 118 valence electrons. The van der Waals surface area contributed by atoms with Crippen LogP contribution in [0.3, 0.4) is 0 Å². The molecule has 23 heavy (non-hydrogen) atoms. The van der Waals surface area contributed by atoms with Gasteiger partial charge in [-0.15, -0.1) is 16.4 Å². The maximum atomic E-state index is 11.8. The van der Waals surface area contributed by atoms with Crippen LogP contribution >= 0.6 is 11.3 Å². The third-order valence-corrected chi connectivity index (χ3v) is 4.41. The van der Waals surface area contributed by atoms with Crippen LogP contribution in [0.15, 0.2) is 29.0 Å². The molecule has 1 aliphatic rings. The van der Waals surface area contributed by atoms with Crippen LogP contribution < -0.4 is 10.5 Å². The Balaban J connectivity index is 2.07. The van der Waals surface area contributed by atoms with Crippen molar-refractivity contribution in [3.8, 4) is 11.9 Å². The molecule has 2 aromatic rings. The predicted molar refractivity (Wildman–Crippen MR) is 82.5 cm³/mol. The molecule has 7 nitrogen and oxygen atoms in total. The van der Waals surface area contributed by atoms with Crippen molar-refractivity contribution in [2.45, 2.75) is 19.3 Å². The maximum Gasteiger partial charge on any atom is 0.311 e. The first-order valence-electron chi connectivity index (χ1n) is 6.99. The van der Waals surface area contributed by atoms with Gasteiger partial charge in [-0.3, -0.25) is 9.89 Å². The molecular formula is C15H14N4O3S. The highest BCUT2D eigenvalue weighted by molar-refractivity contribution is 7.10. The number of fused-ring (bicyclic) bond motifs is 1. The van der Waals surface area contributed by atoms with Crippen molar-refractivity contribution in [1.82, 2.24) is 10.2 Å². The van der Waals surface area contributed by atoms with E-state index < -0.39 is 5.92 Å². The van der Waals surface area contributed by atoms with Crippen molar-refractivity contribution < 1.29 is 14.3 Å². The van der Waals surface area contributed by atoms with Gasteiger partial charge < -0.3 is 15.2 Å². The van der Waals surface area contributed by atoms with Gasteiger partial charge in [-0.1, -0.05) is 6.07 Å². The number of nitrogens with two attached hydrogens (primary N) is 1. The number of carbonyl (C=O) groups excluding carboxylic acids is 1. The molecule has 0 aliphatic carbocycles. The average Bonchev–Trinajstić information content (AvgIpc) is 3.16. The summed E-state index contributed by atoms with van der Waals surface area (Å²) in [7, 11) is 0. The van der Waals surface area contributed by atoms with Gasteiger partial charge in [0.25, 0.3) is 0 Å². The summed E-state index contributed by atoms with van der Waals surface area (Å²) in [5, 5.41) is 18.3. The second kappa shape index (κ2) is 6.14. The van der Waals surface area contributed by atoms with Crippen LogP contribution in [0.1, 0.15) is 29.0 Å². The summed E-state index contributed by atoms with van der Waals surface area (Å²) in [6, 6.07) is 5.91. The number of allylic oxidation sites excluding steroid dienone is 1. The fraction of sp³-hybridized carbons (Fsp3) is 0.267. The van der Waals surface area contributed by atoms with Gasteiger partial charge in [-0.25, -0.2) is 0 Å². The number of rotatable bonds is 4. The number of aromatic nitrogens is 2. The van der Waals surface area contributed by atoms with E-state index >= 15 is 0 Å². The highest BCUT2D eigenvalue weighted by Crippen LogP contribution is 2.44. The Bertz CT molecular complexity index is 801. The number of thiophene rings is 1. The summed E-state index contributed by atoms with van der Waals surface area (Å²) < 4.78 is 10.4. The largest absolute Gasteiger partial charge is 0.466 e. The Labute approximate surface area is 136 Å². The van der Waals surface area contributed by atoms with Crippen molar-refractivity contribution in [3.63, 3.8) is 0 Å². The van der Waals surface area contributed by atoms with Crippen molar-refractivity contribution >= 4 is 17.3 Å². The number of ether oxygens (including phenoxy) is 2. The molecule has 8 heteroatoms. The third kappa shape index (κ3) is 2.66. The summed E-state index contributed by atoms with van der Waals surface area (Å²) in [5.41, 5.74) is 7.39. The van der Waals surface area contributed by atoms with Gasteiger partial charge >= 0.3 is 5.97 Å². The lowest BCUT2D eigenvalue weighted by atomic mass is 9.88. The Kier molecular flexibility index (Phi) is 4.04. The number of aromatic amines is 1. The molecule has 0 spiro atoms. The lowest BCUT2D eigenvalue weighted by molar-refractivity contribution is -0.142. The van der Waals surface area contributed by atoms with E-state index in [2.05, 4.69) is 16.3 Å². The molecule has 0 amide bonds. The normalized spacial score (nSPS) is 16.4. The number of nitrogens with zero attached hydrogens (tertiary/aromatic N) is 2. The Morgan fingerprint density at radius 2 is 2.48 bits per heavy atom. The topological polar surface area (TPSA) is 114 Å². The highest BCUT2D eigenvalue weighted by atomic mass is 32.1. The lowest BCUT2D eigenvalue weighted by Gasteiger charge is -2.22. The van der Waals surface area contributed by atoms with Crippen molar-refractivity contribution in [3.05, 3.63) is 45.1 Å². The summed E-state index contributed by atoms with van der Waals surface area (Å²) in [6.45, 7) is 2.05. The first-order chi connectivity index (χ1) is 11.2. The zero-order valence-electron chi connectivity index (χ0n) is 12.3. The zero-order chi connectivity index (χ0) is 16.4. The van der Waals surface area contributed by atoms with Gasteiger partial charge in [0.05, 0.1) is 30.2 Å². The minimum Gasteiger partial charge on any atom is -0.466 e. The molecule has 3 heterocycles. The lowest BCUT2D eigenvalue weighted by Crippen LogP contribution is -2.21. The number of hydrogen-bond donors (Lipinski definition) is 2. The van der Waals surface area contributed by atoms with E-state index in [1.807, 2.05) is 17.5 Å². The fourth-order valence-electron chi connectivity index (χ4n) is 2.54. The minimum atomic E-state index is -0.396. The first-order valence-corrected chi connectivity index (χ1v) is 7.87. The van der Waals surface area contributed by atoms with Crippen LogP contribution in [0.25, 0.3) is 0 Å². The molecule has 0 saturated carbocycles. The molecule has 1 aliphatic heterocycles. The smallest absolute Gasteiger partial charge is 0.311 e. The summed E-state index contributed by atoms with van der Waals surface area (Å²) >= 11 is 1.50. The molecular weight excluding hydrogens is 316 g/mol. The van der Waals surface area contributed by atoms with E-state index in [1.54, 1.807) is 6.92 Å². The maximum absolute atomic E-state index is 11.8. The van der Waals surface area contributed by atoms with E-state index in [0.717, 1.165) is 4.88 Å². The number of hydrogen-bond acceptors (Lipinski definition) is 7. The third-order valence-electron chi connectivity index (χ3n) is 3.47. The van der Waals surface area contributed by atoms with Crippen LogP contribution in [0, 0.1) is 11.3 Å². The number of nitrogens with one attached hydrogen (secondary N) is 1. The molecule has 0 aromatic carbocycles. The molecule has 0 unspecified atom stereocenters. The van der Waals surface area contributed by atoms with Gasteiger partial charge in [-0.2, -0.15) is 5.26 Å². The molecule has 0 radical (unpaired) electrons. The highest BCUT2D eigenvalue weighted by Gasteiger charge is 2.36. The van der Waals surface area contributed by atoms with Gasteiger partial charge in [-0.05, 0) is 18.4 Å². The first kappa shape index (κ1) is 15.1. The fourth-order valence-corrected chi connectivity index (χ4v) is 3.38. The van der Waals surface area contributed by atoms with E-state index in [0.29, 0.717) is 29.3 Å². The molecule has 3 rings (SSSR count). The molecule has 0 saturated heterocycles. The summed E-state index contributed by atoms with van der Waals surface area (Å²) in [4.78, 5) is 12.7. The van der Waals surface area contributed by atoms with Gasteiger partial charge in [0.2, 0.25) is 11.8 Å². The molecule has 0 bridgehead atoms. The predicted octanol–water partition coefficient (Wildman–Crippen LogP) is 1.79. The van der Waals surface area contributed by atoms with Crippen LogP contribution in [-0.2, 0) is 16.0 Å². The van der Waals surface area contributed by atoms with Crippen molar-refractivity contribution in [2.75, 3.05) is 6.61 Å². The SMILES string of the molecule is CCOC(=O)Cc1[nH]nc2c1[C@@H](c1cccs1)C(C#N)=C(N)O2. The average molecular weight is 330 g/mol. The van der Waals surface area contributed by atoms with Crippen molar-refractivity contribution in [1.29, 1.82) is 5.26 Å². The second-order valence-corrected chi connectivity index (χ2v) is 5.82. The standard InChI is InChI=1S/C15H14N4O3S/c1-2-21-11(20)6-9-13-12(10-4-3-5-23-10)8(7-16)14(17)22-15(13)19-18-9/h3-5,12H,2,6,17H2,1H3,(H,18,19)/t12-/m1/s1. The second-order valence-electron chi connectivity index (χ2n) is 4.84. The van der Waals surface area contributed by atoms with Gasteiger partial charge in [0, 0.05) is 4.88 Å². The van der Waals surface area contributed by atoms with Gasteiger partial charge in [0.1, 0.15) is 11.6 Å². The Morgan fingerprint density at radius 1 is 1.65 bits per heavy atom. The summed E-state index contributed by atoms with van der Waals surface area (Å²) in [6.07, 6.45) is 0.0278. The number of carbonyl (C=O) groups is 1. The van der Waals surface area contributed by atoms with E-state index in [9.17, 15) is 10.1 Å². The van der Waals surface area contributed by atoms with Crippen molar-refractivity contribution in [2.24, 2.45) is 5.73 Å². The molecule has 3 N–H and O–H groups in total. The monoisotopic (exact) mass is 330 g/mol. The quantitative estimate of drug-likeness (QED) is 0.826. The van der Waals surface area contributed by atoms with E-state index in [4.69, 9.17) is 15.2 Å². The summed E-state index contributed by atoms with van der Waals surface area (Å²) in [5.74, 6) is -0.441. The molecule has 1 atom stereocenters. The van der Waals surface area contributed by atoms with Gasteiger partial charge in [0.15, 0.2) is 0 Å². The van der Waals surface area contributed by atoms with Crippen LogP contribution in [0.4, 0.5) is 0 Å². The van der Waals surface area contributed by atoms with Crippen LogP contribution in [-0.4, -0.2) is 22.8 Å². The number of nitriles is 1. The molecule has 0 fully saturated rings. The minimum absolute atomic E-state index is 0.0278. The number of esters is 1. The zero-order valence-corrected chi connectivity index (χ0v) is 13.1. The van der Waals surface area contributed by atoms with E-state index in [-0.39, 0.29) is 18.3 Å². The Morgan fingerprint density at radius 3 is 3.13 bits per heavy atom. The molecule has 2 aromatic heterocycles. The Hall–Kier alpha value is -2.79. The van der Waals surface area contributed by atoms with Crippen LogP contribution in [0.2, 0.25) is 0 Å². The van der Waals surface area contributed by atoms with Crippen LogP contribution in [0.5, 0.6) is 5.88 Å². The number of H-pyrrole nitrogens is 1.